The molecule has 1 heterocycles. The van der Waals surface area contributed by atoms with E-state index in [1.54, 1.807) is 6.92 Å². The van der Waals surface area contributed by atoms with Crippen molar-refractivity contribution in [1.82, 2.24) is 0 Å². The van der Waals surface area contributed by atoms with Gasteiger partial charge < -0.3 is 14.9 Å². The Balaban J connectivity index is 1.89. The summed E-state index contributed by atoms with van der Waals surface area (Å²) in [5.74, 6) is 0.117. The van der Waals surface area contributed by atoms with Crippen LogP contribution in [0.3, 0.4) is 0 Å². The zero-order valence-corrected chi connectivity index (χ0v) is 9.67. The molecule has 0 aromatic rings. The molecule has 7 atom stereocenters. The van der Waals surface area contributed by atoms with E-state index >= 15 is 0 Å². The molecule has 4 rings (SSSR count). The molecule has 2 saturated carbocycles. The number of hydrogen-bond acceptors (Lipinski definition) is 4. The number of ether oxygens (including phenoxy) is 1. The van der Waals surface area contributed by atoms with Crippen molar-refractivity contribution in [3.05, 3.63) is 12.2 Å². The largest absolute Gasteiger partial charge is 0.396 e. The number of hydrogen-bond donors (Lipinski definition) is 2. The molecular formula is C13H16O4. The molecule has 0 spiro atoms. The van der Waals surface area contributed by atoms with Crippen molar-refractivity contribution in [3.63, 3.8) is 0 Å². The van der Waals surface area contributed by atoms with Gasteiger partial charge in [0.1, 0.15) is 6.10 Å². The van der Waals surface area contributed by atoms with Crippen molar-refractivity contribution < 1.29 is 19.7 Å². The topological polar surface area (TPSA) is 70.1 Å². The highest BCUT2D eigenvalue weighted by Crippen LogP contribution is 2.66. The number of Topliss-reactive ketones (excluding diaryl/α,β-unsaturated/α-hetero) is 1. The summed E-state index contributed by atoms with van der Waals surface area (Å²) < 4.78 is 5.44. The lowest BCUT2D eigenvalue weighted by Gasteiger charge is -2.46. The molecule has 4 aliphatic rings. The molecule has 3 fully saturated rings. The summed E-state index contributed by atoms with van der Waals surface area (Å²) in [6.07, 6.45) is 3.88. The van der Waals surface area contributed by atoms with Crippen LogP contribution in [0.25, 0.3) is 0 Å². The van der Waals surface area contributed by atoms with E-state index in [2.05, 4.69) is 12.2 Å². The maximum absolute atomic E-state index is 12.5. The van der Waals surface area contributed by atoms with E-state index in [1.807, 2.05) is 0 Å². The quantitative estimate of drug-likeness (QED) is 0.492. The molecule has 0 radical (unpaired) electrons. The van der Waals surface area contributed by atoms with Crippen LogP contribution >= 0.6 is 0 Å². The van der Waals surface area contributed by atoms with E-state index in [4.69, 9.17) is 4.74 Å². The van der Waals surface area contributed by atoms with Gasteiger partial charge in [0.25, 0.3) is 0 Å². The number of allylic oxidation sites excluding steroid dienone is 2. The molecule has 0 amide bonds. The van der Waals surface area contributed by atoms with E-state index in [1.165, 1.54) is 0 Å². The first-order chi connectivity index (χ1) is 8.05. The van der Waals surface area contributed by atoms with E-state index in [-0.39, 0.29) is 30.1 Å². The van der Waals surface area contributed by atoms with E-state index in [0.717, 1.165) is 6.42 Å². The summed E-state index contributed by atoms with van der Waals surface area (Å²) in [4.78, 5) is 12.5. The Morgan fingerprint density at radius 3 is 3.00 bits per heavy atom. The second-order valence-electron chi connectivity index (χ2n) is 6.09. The fourth-order valence-electron chi connectivity index (χ4n) is 4.54. The number of ketones is 1. The van der Waals surface area contributed by atoms with Crippen LogP contribution in [0.4, 0.5) is 0 Å². The third-order valence-corrected chi connectivity index (χ3v) is 5.55. The Kier molecular flexibility index (Phi) is 1.60. The van der Waals surface area contributed by atoms with E-state index < -0.39 is 23.2 Å². The molecule has 1 saturated heterocycles. The summed E-state index contributed by atoms with van der Waals surface area (Å²) in [7, 11) is 0. The number of epoxide rings is 1. The molecular weight excluding hydrogens is 220 g/mol. The van der Waals surface area contributed by atoms with Crippen LogP contribution in [0.2, 0.25) is 0 Å². The Morgan fingerprint density at radius 2 is 2.29 bits per heavy atom. The van der Waals surface area contributed by atoms with Crippen LogP contribution in [0.5, 0.6) is 0 Å². The zero-order chi connectivity index (χ0) is 12.0. The molecule has 4 heteroatoms. The summed E-state index contributed by atoms with van der Waals surface area (Å²) in [6.45, 7) is 1.63. The average molecular weight is 236 g/mol. The average Bonchev–Trinajstić information content (AvgIpc) is 2.74. The van der Waals surface area contributed by atoms with Gasteiger partial charge in [0, 0.05) is 11.3 Å². The number of fused-ring (bicyclic) bond motifs is 6. The van der Waals surface area contributed by atoms with Crippen LogP contribution in [-0.2, 0) is 9.53 Å². The van der Waals surface area contributed by atoms with Crippen molar-refractivity contribution >= 4 is 5.78 Å². The molecule has 92 valence electrons. The number of aliphatic hydroxyl groups excluding tert-OH is 2. The first kappa shape index (κ1) is 10.2. The molecule has 2 N–H and O–H groups in total. The van der Waals surface area contributed by atoms with Gasteiger partial charge in [0.15, 0.2) is 11.4 Å². The van der Waals surface area contributed by atoms with Crippen LogP contribution in [-0.4, -0.2) is 40.4 Å². The minimum Gasteiger partial charge on any atom is -0.396 e. The lowest BCUT2D eigenvalue weighted by atomic mass is 9.57. The molecule has 4 nitrogen and oxygen atoms in total. The highest BCUT2D eigenvalue weighted by molar-refractivity contribution is 5.95. The Morgan fingerprint density at radius 1 is 1.53 bits per heavy atom. The smallest absolute Gasteiger partial charge is 0.171 e. The maximum atomic E-state index is 12.5. The zero-order valence-electron chi connectivity index (χ0n) is 9.67. The molecule has 17 heavy (non-hydrogen) atoms. The summed E-state index contributed by atoms with van der Waals surface area (Å²) in [5.41, 5.74) is -1.47. The second-order valence-corrected chi connectivity index (χ2v) is 6.09. The summed E-state index contributed by atoms with van der Waals surface area (Å²) in [6, 6.07) is 0. The minimum absolute atomic E-state index is 0.0821. The second kappa shape index (κ2) is 2.66. The number of aliphatic hydroxyl groups is 2. The summed E-state index contributed by atoms with van der Waals surface area (Å²) >= 11 is 0. The van der Waals surface area contributed by atoms with Crippen LogP contribution < -0.4 is 0 Å². The number of rotatable bonds is 1. The van der Waals surface area contributed by atoms with Crippen molar-refractivity contribution in [2.75, 3.05) is 6.61 Å². The van der Waals surface area contributed by atoms with E-state index in [0.29, 0.717) is 0 Å². The standard InChI is InChI=1S/C13H16O4/c1-12-9(15)8-6-2-3-7(4-6)13(8,5-14)10(16)11(12)17-12/h2-3,6-8,10-11,14,16H,4-5H2,1H3/t6-,7+,8+,10-,11-,12+,13+/m1/s1. The Labute approximate surface area is 99.3 Å². The van der Waals surface area contributed by atoms with Crippen LogP contribution in [0, 0.1) is 23.2 Å². The number of carbonyl (C=O) groups is 1. The van der Waals surface area contributed by atoms with Gasteiger partial charge in [-0.3, -0.25) is 4.79 Å². The predicted molar refractivity (Wildman–Crippen MR) is 58.0 cm³/mol. The predicted octanol–water partition coefficient (Wildman–Crippen LogP) is -0.112. The fraction of sp³-hybridized carbons (Fsp3) is 0.769. The van der Waals surface area contributed by atoms with Crippen molar-refractivity contribution in [3.8, 4) is 0 Å². The van der Waals surface area contributed by atoms with Gasteiger partial charge in [-0.05, 0) is 25.2 Å². The molecule has 1 aliphatic heterocycles. The first-order valence-electron chi connectivity index (χ1n) is 6.25. The third-order valence-electron chi connectivity index (χ3n) is 5.55. The minimum atomic E-state index is -0.791. The Bertz CT molecular complexity index is 445. The highest BCUT2D eigenvalue weighted by Gasteiger charge is 2.78. The highest BCUT2D eigenvalue weighted by atomic mass is 16.6. The third kappa shape index (κ3) is 0.852. The number of carbonyl (C=O) groups excluding carboxylic acids is 1. The van der Waals surface area contributed by atoms with Gasteiger partial charge >= 0.3 is 0 Å². The molecule has 0 unspecified atom stereocenters. The molecule has 0 aromatic heterocycles. The molecule has 0 aromatic carbocycles. The van der Waals surface area contributed by atoms with Crippen molar-refractivity contribution in [2.45, 2.75) is 31.2 Å². The van der Waals surface area contributed by atoms with Gasteiger partial charge in [0.2, 0.25) is 0 Å². The maximum Gasteiger partial charge on any atom is 0.171 e. The summed E-state index contributed by atoms with van der Waals surface area (Å²) in [5, 5.41) is 20.3. The van der Waals surface area contributed by atoms with Crippen LogP contribution in [0.15, 0.2) is 12.2 Å². The first-order valence-corrected chi connectivity index (χ1v) is 6.25. The lowest BCUT2D eigenvalue weighted by molar-refractivity contribution is -0.146. The van der Waals surface area contributed by atoms with Crippen molar-refractivity contribution in [1.29, 1.82) is 0 Å². The van der Waals surface area contributed by atoms with Gasteiger partial charge in [0.05, 0.1) is 12.7 Å². The normalized spacial score (nSPS) is 62.5. The molecule has 3 aliphatic carbocycles. The SMILES string of the molecule is C[C@@]12O[C@@H]1[C@@H](O)[C@]1(CO)[C@H](C2=O)[C@@H]2C=C[C@H]1C2. The van der Waals surface area contributed by atoms with Gasteiger partial charge in [-0.2, -0.15) is 0 Å². The monoisotopic (exact) mass is 236 g/mol. The Hall–Kier alpha value is -0.710. The lowest BCUT2D eigenvalue weighted by Crippen LogP contribution is -2.60. The van der Waals surface area contributed by atoms with Gasteiger partial charge in [-0.15, -0.1) is 0 Å². The van der Waals surface area contributed by atoms with Crippen LogP contribution in [0.1, 0.15) is 13.3 Å². The van der Waals surface area contributed by atoms with Crippen molar-refractivity contribution in [2.24, 2.45) is 23.2 Å². The van der Waals surface area contributed by atoms with Gasteiger partial charge in [-0.25, -0.2) is 0 Å². The molecule has 2 bridgehead atoms. The van der Waals surface area contributed by atoms with Gasteiger partial charge in [-0.1, -0.05) is 12.2 Å². The van der Waals surface area contributed by atoms with E-state index in [9.17, 15) is 15.0 Å². The fourth-order valence-corrected chi connectivity index (χ4v) is 4.54.